The highest BCUT2D eigenvalue weighted by Crippen LogP contribution is 2.27. The Bertz CT molecular complexity index is 638. The maximum Gasteiger partial charge on any atom is 0.250 e. The molecule has 1 aromatic heterocycles. The van der Waals surface area contributed by atoms with Crippen molar-refractivity contribution in [2.24, 2.45) is 0 Å². The molecule has 2 aromatic rings. The van der Waals surface area contributed by atoms with Crippen molar-refractivity contribution >= 4 is 37.3 Å². The highest BCUT2D eigenvalue weighted by molar-refractivity contribution is 9.11. The SMILES string of the molecule is CCC(NS(=O)(=O)c1ccc(Br)s1)c1ccccc1. The number of benzene rings is 1. The fourth-order valence-corrected chi connectivity index (χ4v) is 5.09. The van der Waals surface area contributed by atoms with E-state index < -0.39 is 10.0 Å². The molecule has 3 nitrogen and oxygen atoms in total. The van der Waals surface area contributed by atoms with Gasteiger partial charge in [0, 0.05) is 6.04 Å². The Labute approximate surface area is 125 Å². The maximum absolute atomic E-state index is 12.3. The first-order chi connectivity index (χ1) is 9.03. The van der Waals surface area contributed by atoms with Crippen LogP contribution in [-0.4, -0.2) is 8.42 Å². The fraction of sp³-hybridized carbons (Fsp3) is 0.231. The van der Waals surface area contributed by atoms with Crippen molar-refractivity contribution in [3.63, 3.8) is 0 Å². The lowest BCUT2D eigenvalue weighted by atomic mass is 10.1. The Hall–Kier alpha value is -0.690. The number of nitrogens with one attached hydrogen (secondary N) is 1. The maximum atomic E-state index is 12.3. The molecule has 1 N–H and O–H groups in total. The standard InChI is InChI=1S/C13H14BrNO2S2/c1-2-11(10-6-4-3-5-7-10)15-19(16,17)13-9-8-12(14)18-13/h3-9,11,15H,2H2,1H3. The van der Waals surface area contributed by atoms with Crippen LogP contribution < -0.4 is 4.72 Å². The molecule has 1 unspecified atom stereocenters. The molecule has 0 bridgehead atoms. The van der Waals surface area contributed by atoms with Crippen molar-refractivity contribution in [3.05, 3.63) is 51.8 Å². The summed E-state index contributed by atoms with van der Waals surface area (Å²) in [7, 11) is -3.46. The lowest BCUT2D eigenvalue weighted by Crippen LogP contribution is -2.27. The quantitative estimate of drug-likeness (QED) is 0.878. The van der Waals surface area contributed by atoms with Gasteiger partial charge in [-0.05, 0) is 40.0 Å². The molecule has 6 heteroatoms. The zero-order valence-corrected chi connectivity index (χ0v) is 13.6. The van der Waals surface area contributed by atoms with E-state index in [1.54, 1.807) is 12.1 Å². The number of hydrogen-bond donors (Lipinski definition) is 1. The first kappa shape index (κ1) is 14.7. The number of thiophene rings is 1. The molecule has 19 heavy (non-hydrogen) atoms. The van der Waals surface area contributed by atoms with Crippen LogP contribution >= 0.6 is 27.3 Å². The topological polar surface area (TPSA) is 46.2 Å². The van der Waals surface area contributed by atoms with E-state index in [9.17, 15) is 8.42 Å². The summed E-state index contributed by atoms with van der Waals surface area (Å²) in [6.07, 6.45) is 0.704. The van der Waals surface area contributed by atoms with E-state index in [1.807, 2.05) is 37.3 Å². The molecule has 0 saturated heterocycles. The van der Waals surface area contributed by atoms with Gasteiger partial charge in [-0.2, -0.15) is 0 Å². The van der Waals surface area contributed by atoms with E-state index >= 15 is 0 Å². The molecule has 0 saturated carbocycles. The lowest BCUT2D eigenvalue weighted by Gasteiger charge is -2.16. The smallest absolute Gasteiger partial charge is 0.206 e. The summed E-state index contributed by atoms with van der Waals surface area (Å²) in [5.74, 6) is 0. The van der Waals surface area contributed by atoms with E-state index in [-0.39, 0.29) is 6.04 Å². The molecule has 0 amide bonds. The second-order valence-electron chi connectivity index (χ2n) is 4.05. The first-order valence-electron chi connectivity index (χ1n) is 5.85. The van der Waals surface area contributed by atoms with E-state index in [0.717, 1.165) is 9.35 Å². The minimum Gasteiger partial charge on any atom is -0.206 e. The fourth-order valence-electron chi connectivity index (χ4n) is 1.76. The molecule has 0 spiro atoms. The minimum absolute atomic E-state index is 0.202. The van der Waals surface area contributed by atoms with Crippen LogP contribution in [0.1, 0.15) is 24.9 Å². The van der Waals surface area contributed by atoms with Crippen molar-refractivity contribution in [1.82, 2.24) is 4.72 Å². The van der Waals surface area contributed by atoms with E-state index in [0.29, 0.717) is 10.6 Å². The van der Waals surface area contributed by atoms with Gasteiger partial charge in [0.1, 0.15) is 4.21 Å². The van der Waals surface area contributed by atoms with Gasteiger partial charge < -0.3 is 0 Å². The second kappa shape index (κ2) is 6.17. The molecule has 0 aliphatic rings. The van der Waals surface area contributed by atoms with E-state index in [4.69, 9.17) is 0 Å². The largest absolute Gasteiger partial charge is 0.250 e. The van der Waals surface area contributed by atoms with Crippen molar-refractivity contribution in [1.29, 1.82) is 0 Å². The van der Waals surface area contributed by atoms with Gasteiger partial charge in [0.15, 0.2) is 0 Å². The van der Waals surface area contributed by atoms with Gasteiger partial charge in [-0.3, -0.25) is 0 Å². The van der Waals surface area contributed by atoms with Gasteiger partial charge in [-0.25, -0.2) is 13.1 Å². The van der Waals surface area contributed by atoms with Gasteiger partial charge in [0.05, 0.1) is 3.79 Å². The highest BCUT2D eigenvalue weighted by Gasteiger charge is 2.21. The molecule has 0 aliphatic heterocycles. The molecule has 0 aliphatic carbocycles. The minimum atomic E-state index is -3.46. The first-order valence-corrected chi connectivity index (χ1v) is 8.95. The Kier molecular flexibility index (Phi) is 4.78. The summed E-state index contributed by atoms with van der Waals surface area (Å²) >= 11 is 4.49. The van der Waals surface area contributed by atoms with Crippen LogP contribution in [0.2, 0.25) is 0 Å². The summed E-state index contributed by atoms with van der Waals surface area (Å²) < 4.78 is 28.4. The molecular formula is C13H14BrNO2S2. The van der Waals surface area contributed by atoms with Crippen LogP contribution in [0.15, 0.2) is 50.5 Å². The van der Waals surface area contributed by atoms with Gasteiger partial charge in [-0.1, -0.05) is 37.3 Å². The predicted molar refractivity (Wildman–Crippen MR) is 81.8 cm³/mol. The number of sulfonamides is 1. The zero-order valence-electron chi connectivity index (χ0n) is 10.3. The van der Waals surface area contributed by atoms with Crippen LogP contribution in [0, 0.1) is 0 Å². The summed E-state index contributed by atoms with van der Waals surface area (Å²) in [5.41, 5.74) is 0.976. The lowest BCUT2D eigenvalue weighted by molar-refractivity contribution is 0.552. The third-order valence-corrected chi connectivity index (χ3v) is 6.31. The average Bonchev–Trinajstić information content (AvgIpc) is 2.85. The molecule has 2 rings (SSSR count). The summed E-state index contributed by atoms with van der Waals surface area (Å²) in [6, 6.07) is 12.7. The Morgan fingerprint density at radius 2 is 1.89 bits per heavy atom. The number of halogens is 1. The molecular weight excluding hydrogens is 346 g/mol. The molecule has 0 radical (unpaired) electrons. The Morgan fingerprint density at radius 1 is 1.21 bits per heavy atom. The second-order valence-corrected chi connectivity index (χ2v) is 8.46. The van der Waals surface area contributed by atoms with Gasteiger partial charge in [0.25, 0.3) is 10.0 Å². The summed E-state index contributed by atoms with van der Waals surface area (Å²) in [5, 5.41) is 0. The summed E-state index contributed by atoms with van der Waals surface area (Å²) in [6.45, 7) is 1.96. The van der Waals surface area contributed by atoms with Crippen LogP contribution in [0.3, 0.4) is 0 Å². The Balaban J connectivity index is 2.23. The third kappa shape index (κ3) is 3.66. The van der Waals surface area contributed by atoms with Gasteiger partial charge in [-0.15, -0.1) is 11.3 Å². The van der Waals surface area contributed by atoms with Crippen molar-refractivity contribution < 1.29 is 8.42 Å². The monoisotopic (exact) mass is 359 g/mol. The molecule has 102 valence electrons. The highest BCUT2D eigenvalue weighted by atomic mass is 79.9. The van der Waals surface area contributed by atoms with E-state index in [1.165, 1.54) is 11.3 Å². The van der Waals surface area contributed by atoms with Gasteiger partial charge in [0.2, 0.25) is 0 Å². The molecule has 1 heterocycles. The van der Waals surface area contributed by atoms with Crippen LogP contribution in [0.5, 0.6) is 0 Å². The van der Waals surface area contributed by atoms with Crippen LogP contribution in [-0.2, 0) is 10.0 Å². The van der Waals surface area contributed by atoms with Crippen molar-refractivity contribution in [3.8, 4) is 0 Å². The normalized spacial score (nSPS) is 13.4. The van der Waals surface area contributed by atoms with Crippen molar-refractivity contribution in [2.45, 2.75) is 23.6 Å². The molecule has 1 aromatic carbocycles. The predicted octanol–water partition coefficient (Wildman–Crippen LogP) is 3.94. The third-order valence-electron chi connectivity index (χ3n) is 2.72. The Morgan fingerprint density at radius 3 is 2.42 bits per heavy atom. The number of hydrogen-bond acceptors (Lipinski definition) is 3. The molecule has 0 fully saturated rings. The molecule has 1 atom stereocenters. The number of rotatable bonds is 5. The van der Waals surface area contributed by atoms with Crippen molar-refractivity contribution in [2.75, 3.05) is 0 Å². The van der Waals surface area contributed by atoms with Crippen LogP contribution in [0.25, 0.3) is 0 Å². The van der Waals surface area contributed by atoms with E-state index in [2.05, 4.69) is 20.7 Å². The van der Waals surface area contributed by atoms with Crippen LogP contribution in [0.4, 0.5) is 0 Å². The van der Waals surface area contributed by atoms with Gasteiger partial charge >= 0.3 is 0 Å². The average molecular weight is 360 g/mol. The zero-order chi connectivity index (χ0) is 13.9. The summed E-state index contributed by atoms with van der Waals surface area (Å²) in [4.78, 5) is 0.